The molecule has 0 saturated carbocycles. The van der Waals surface area contributed by atoms with Crippen LogP contribution in [-0.4, -0.2) is 38.8 Å². The number of aromatic nitrogens is 2. The van der Waals surface area contributed by atoms with E-state index in [1.54, 1.807) is 0 Å². The molecule has 3 atom stereocenters. The maximum Gasteiger partial charge on any atom is 0.170 e. The van der Waals surface area contributed by atoms with Crippen LogP contribution in [0, 0.1) is 13.8 Å². The average Bonchev–Trinajstić information content (AvgIpc) is 3.49. The van der Waals surface area contributed by atoms with Crippen LogP contribution < -0.4 is 5.32 Å². The second kappa shape index (κ2) is 8.85. The Morgan fingerprint density at radius 1 is 1.19 bits per heavy atom. The topological polar surface area (TPSA) is 42.3 Å². The van der Waals surface area contributed by atoms with Crippen molar-refractivity contribution in [2.24, 2.45) is 0 Å². The van der Waals surface area contributed by atoms with Crippen molar-refractivity contribution in [2.45, 2.75) is 44.9 Å². The SMILES string of the molecule is Cc1cc([C@H]2[C@H](c3ccccn3)NC(=S)N2C[C@@H]2CCCO2)c(C)n1-c1ccccc1Cl. The average molecular weight is 467 g/mol. The fourth-order valence-corrected chi connectivity index (χ4v) is 5.57. The Morgan fingerprint density at radius 3 is 2.72 bits per heavy atom. The second-order valence-corrected chi connectivity index (χ2v) is 9.32. The minimum Gasteiger partial charge on any atom is -0.376 e. The number of hydrogen-bond donors (Lipinski definition) is 1. The van der Waals surface area contributed by atoms with Crippen LogP contribution in [0.1, 0.15) is 47.6 Å². The fraction of sp³-hybridized carbons (Fsp3) is 0.360. The standard InChI is InChI=1S/C25H27ClN4OS/c1-16-14-19(17(2)30(16)22-11-4-3-9-20(22)26)24-23(21-10-5-6-12-27-21)28-25(32)29(24)15-18-8-7-13-31-18/h3-6,9-12,14,18,23-24H,7-8,13,15H2,1-2H3,(H,28,32)/t18-,23-,24-/m0/s1. The first-order valence-electron chi connectivity index (χ1n) is 11.1. The van der Waals surface area contributed by atoms with Gasteiger partial charge in [0.2, 0.25) is 0 Å². The molecule has 0 radical (unpaired) electrons. The number of nitrogens with zero attached hydrogens (tertiary/aromatic N) is 3. The van der Waals surface area contributed by atoms with Gasteiger partial charge in [0.15, 0.2) is 5.11 Å². The van der Waals surface area contributed by atoms with E-state index >= 15 is 0 Å². The molecule has 5 nitrogen and oxygen atoms in total. The Hall–Kier alpha value is -2.41. The molecule has 0 spiro atoms. The van der Waals surface area contributed by atoms with Gasteiger partial charge in [0.1, 0.15) is 0 Å². The van der Waals surface area contributed by atoms with Gasteiger partial charge in [-0.05, 0) is 74.8 Å². The number of nitrogens with one attached hydrogen (secondary N) is 1. The summed E-state index contributed by atoms with van der Waals surface area (Å²) in [6.45, 7) is 5.89. The Kier molecular flexibility index (Phi) is 5.93. The van der Waals surface area contributed by atoms with Crippen molar-refractivity contribution in [3.05, 3.63) is 82.4 Å². The van der Waals surface area contributed by atoms with Crippen molar-refractivity contribution in [3.8, 4) is 5.69 Å². The molecule has 0 aliphatic carbocycles. The minimum atomic E-state index is -0.0368. The van der Waals surface area contributed by atoms with E-state index in [9.17, 15) is 0 Å². The lowest BCUT2D eigenvalue weighted by Crippen LogP contribution is -2.36. The highest BCUT2D eigenvalue weighted by Gasteiger charge is 2.42. The van der Waals surface area contributed by atoms with Crippen molar-refractivity contribution in [3.63, 3.8) is 0 Å². The van der Waals surface area contributed by atoms with Crippen LogP contribution in [0.4, 0.5) is 0 Å². The Morgan fingerprint density at radius 2 is 2.00 bits per heavy atom. The highest BCUT2D eigenvalue weighted by molar-refractivity contribution is 7.80. The third kappa shape index (κ3) is 3.81. The van der Waals surface area contributed by atoms with Gasteiger partial charge in [0.25, 0.3) is 0 Å². The molecule has 7 heteroatoms. The van der Waals surface area contributed by atoms with Gasteiger partial charge in [0.05, 0.1) is 34.6 Å². The molecular formula is C25H27ClN4OS. The van der Waals surface area contributed by atoms with E-state index in [1.807, 2.05) is 36.5 Å². The van der Waals surface area contributed by atoms with Gasteiger partial charge in [-0.1, -0.05) is 29.8 Å². The normalized spacial score (nSPS) is 23.0. The number of hydrogen-bond acceptors (Lipinski definition) is 3. The van der Waals surface area contributed by atoms with Crippen molar-refractivity contribution in [1.29, 1.82) is 0 Å². The quantitative estimate of drug-likeness (QED) is 0.517. The third-order valence-corrected chi connectivity index (χ3v) is 7.18. The van der Waals surface area contributed by atoms with Crippen molar-refractivity contribution >= 4 is 28.9 Å². The molecule has 1 N–H and O–H groups in total. The summed E-state index contributed by atoms with van der Waals surface area (Å²) in [6, 6.07) is 16.3. The van der Waals surface area contributed by atoms with Crippen LogP contribution in [-0.2, 0) is 4.74 Å². The predicted octanol–water partition coefficient (Wildman–Crippen LogP) is 5.29. The smallest absolute Gasteiger partial charge is 0.170 e. The summed E-state index contributed by atoms with van der Waals surface area (Å²) in [6.07, 6.45) is 4.21. The number of halogens is 1. The van der Waals surface area contributed by atoms with E-state index in [-0.39, 0.29) is 18.2 Å². The fourth-order valence-electron chi connectivity index (χ4n) is 5.04. The lowest BCUT2D eigenvalue weighted by molar-refractivity contribution is 0.0842. The van der Waals surface area contributed by atoms with Crippen molar-refractivity contribution in [1.82, 2.24) is 19.8 Å². The lowest BCUT2D eigenvalue weighted by atomic mass is 9.96. The molecule has 32 heavy (non-hydrogen) atoms. The Balaban J connectivity index is 1.60. The summed E-state index contributed by atoms with van der Waals surface area (Å²) in [4.78, 5) is 6.96. The maximum absolute atomic E-state index is 6.57. The van der Waals surface area contributed by atoms with E-state index in [2.05, 4.69) is 51.8 Å². The number of aryl methyl sites for hydroxylation is 1. The first kappa shape index (κ1) is 21.4. The molecule has 2 aliphatic heterocycles. The number of benzene rings is 1. The van der Waals surface area contributed by atoms with Gasteiger partial charge >= 0.3 is 0 Å². The minimum absolute atomic E-state index is 0.0176. The first-order valence-corrected chi connectivity index (χ1v) is 11.9. The van der Waals surface area contributed by atoms with Gasteiger partial charge in [-0.3, -0.25) is 4.98 Å². The number of para-hydroxylation sites is 1. The van der Waals surface area contributed by atoms with Gasteiger partial charge in [-0.2, -0.15) is 0 Å². The summed E-state index contributed by atoms with van der Waals surface area (Å²) in [7, 11) is 0. The van der Waals surface area contributed by atoms with Crippen LogP contribution in [0.15, 0.2) is 54.7 Å². The van der Waals surface area contributed by atoms with E-state index in [0.29, 0.717) is 0 Å². The molecule has 0 bridgehead atoms. The monoisotopic (exact) mass is 466 g/mol. The largest absolute Gasteiger partial charge is 0.376 e. The number of thiocarbonyl (C=S) groups is 1. The molecule has 4 heterocycles. The molecule has 2 aliphatic rings. The van der Waals surface area contributed by atoms with Crippen LogP contribution in [0.2, 0.25) is 5.02 Å². The number of ether oxygens (including phenoxy) is 1. The summed E-state index contributed by atoms with van der Waals surface area (Å²) in [5.74, 6) is 0. The van der Waals surface area contributed by atoms with E-state index in [4.69, 9.17) is 28.6 Å². The van der Waals surface area contributed by atoms with Crippen LogP contribution in [0.25, 0.3) is 5.69 Å². The number of pyridine rings is 1. The van der Waals surface area contributed by atoms with Gasteiger partial charge in [-0.15, -0.1) is 0 Å². The van der Waals surface area contributed by atoms with E-state index < -0.39 is 0 Å². The molecule has 166 valence electrons. The van der Waals surface area contributed by atoms with Gasteiger partial charge in [0, 0.05) is 30.7 Å². The van der Waals surface area contributed by atoms with Crippen LogP contribution in [0.5, 0.6) is 0 Å². The zero-order chi connectivity index (χ0) is 22.2. The zero-order valence-corrected chi connectivity index (χ0v) is 19.9. The predicted molar refractivity (Wildman–Crippen MR) is 131 cm³/mol. The van der Waals surface area contributed by atoms with Gasteiger partial charge < -0.3 is 19.5 Å². The summed E-state index contributed by atoms with van der Waals surface area (Å²) in [5, 5.41) is 5.04. The molecule has 3 aromatic rings. The highest BCUT2D eigenvalue weighted by atomic mass is 35.5. The Bertz CT molecular complexity index is 1130. The molecule has 2 saturated heterocycles. The molecule has 1 aromatic carbocycles. The second-order valence-electron chi connectivity index (χ2n) is 8.53. The van der Waals surface area contributed by atoms with E-state index in [1.165, 1.54) is 5.56 Å². The summed E-state index contributed by atoms with van der Waals surface area (Å²) in [5.41, 5.74) is 5.50. The van der Waals surface area contributed by atoms with E-state index in [0.717, 1.165) is 58.9 Å². The third-order valence-electron chi connectivity index (χ3n) is 6.50. The summed E-state index contributed by atoms with van der Waals surface area (Å²) < 4.78 is 8.20. The Labute approximate surface area is 199 Å². The highest BCUT2D eigenvalue weighted by Crippen LogP contribution is 2.42. The van der Waals surface area contributed by atoms with Crippen LogP contribution in [0.3, 0.4) is 0 Å². The first-order chi connectivity index (χ1) is 15.5. The molecule has 2 aromatic heterocycles. The molecule has 0 unspecified atom stereocenters. The van der Waals surface area contributed by atoms with Crippen molar-refractivity contribution < 1.29 is 4.74 Å². The van der Waals surface area contributed by atoms with Gasteiger partial charge in [-0.25, -0.2) is 0 Å². The lowest BCUT2D eigenvalue weighted by Gasteiger charge is -2.30. The maximum atomic E-state index is 6.57. The molecule has 5 rings (SSSR count). The molecule has 0 amide bonds. The zero-order valence-electron chi connectivity index (χ0n) is 18.3. The number of rotatable bonds is 5. The van der Waals surface area contributed by atoms with Crippen molar-refractivity contribution in [2.75, 3.05) is 13.2 Å². The van der Waals surface area contributed by atoms with Crippen LogP contribution >= 0.6 is 23.8 Å². The molecule has 2 fully saturated rings. The molecular weight excluding hydrogens is 440 g/mol. The summed E-state index contributed by atoms with van der Waals surface area (Å²) >= 11 is 12.4.